The van der Waals surface area contributed by atoms with E-state index in [1.54, 1.807) is 48.5 Å². The van der Waals surface area contributed by atoms with Crippen molar-refractivity contribution in [2.75, 3.05) is 0 Å². The largest absolute Gasteiger partial charge is 0.205 e. The fraction of sp³-hybridized carbons (Fsp3) is 0. The summed E-state index contributed by atoms with van der Waals surface area (Å²) in [7, 11) is 0. The molecular formula is C22H10F2N2. The van der Waals surface area contributed by atoms with Crippen LogP contribution in [0.25, 0.3) is 32.7 Å². The zero-order valence-corrected chi connectivity index (χ0v) is 13.4. The Hall–Kier alpha value is -3.76. The third kappa shape index (κ3) is 2.21. The van der Waals surface area contributed by atoms with Crippen molar-refractivity contribution in [3.8, 4) is 23.3 Å². The first-order chi connectivity index (χ1) is 12.7. The van der Waals surface area contributed by atoms with Gasteiger partial charge in [-0.25, -0.2) is 8.78 Å². The van der Waals surface area contributed by atoms with Crippen LogP contribution < -0.4 is 0 Å². The minimum Gasteiger partial charge on any atom is -0.205 e. The third-order valence-electron chi connectivity index (χ3n) is 4.48. The fourth-order valence-electron chi connectivity index (χ4n) is 3.36. The van der Waals surface area contributed by atoms with Crippen molar-refractivity contribution in [1.82, 2.24) is 0 Å². The van der Waals surface area contributed by atoms with Crippen molar-refractivity contribution in [2.24, 2.45) is 0 Å². The van der Waals surface area contributed by atoms with Crippen molar-refractivity contribution >= 4 is 21.5 Å². The second-order valence-corrected chi connectivity index (χ2v) is 5.88. The van der Waals surface area contributed by atoms with Gasteiger partial charge in [-0.2, -0.15) is 10.5 Å². The predicted molar refractivity (Wildman–Crippen MR) is 96.2 cm³/mol. The van der Waals surface area contributed by atoms with Crippen molar-refractivity contribution in [3.63, 3.8) is 0 Å². The summed E-state index contributed by atoms with van der Waals surface area (Å²) in [4.78, 5) is 0. The Morgan fingerprint density at radius 3 is 1.38 bits per heavy atom. The van der Waals surface area contributed by atoms with Crippen molar-refractivity contribution in [3.05, 3.63) is 83.4 Å². The molecule has 0 N–H and O–H groups in total. The summed E-state index contributed by atoms with van der Waals surface area (Å²) in [6.45, 7) is 0. The van der Waals surface area contributed by atoms with Crippen LogP contribution in [0.15, 0.2) is 60.7 Å². The van der Waals surface area contributed by atoms with Crippen molar-refractivity contribution in [1.29, 1.82) is 10.5 Å². The lowest BCUT2D eigenvalue weighted by Gasteiger charge is -2.15. The number of benzene rings is 4. The molecule has 4 aromatic carbocycles. The second kappa shape index (κ2) is 5.95. The lowest BCUT2D eigenvalue weighted by atomic mass is 9.87. The van der Waals surface area contributed by atoms with E-state index >= 15 is 0 Å². The molecule has 0 aliphatic heterocycles. The molecule has 0 bridgehead atoms. The zero-order chi connectivity index (χ0) is 18.3. The first-order valence-electron chi connectivity index (χ1n) is 7.88. The molecule has 0 aromatic heterocycles. The smallest absolute Gasteiger partial charge is 0.142 e. The second-order valence-electron chi connectivity index (χ2n) is 5.88. The highest BCUT2D eigenvalue weighted by Gasteiger charge is 2.22. The lowest BCUT2D eigenvalue weighted by Crippen LogP contribution is -1.98. The molecule has 0 unspecified atom stereocenters. The molecule has 4 aromatic rings. The molecule has 0 atom stereocenters. The minimum atomic E-state index is -0.696. The van der Waals surface area contributed by atoms with Crippen LogP contribution in [0.5, 0.6) is 0 Å². The van der Waals surface area contributed by atoms with Crippen LogP contribution in [0.3, 0.4) is 0 Å². The number of nitrogens with zero attached hydrogens (tertiary/aromatic N) is 2. The molecule has 2 nitrogen and oxygen atoms in total. The van der Waals surface area contributed by atoms with Gasteiger partial charge in [-0.15, -0.1) is 0 Å². The highest BCUT2D eigenvalue weighted by atomic mass is 19.1. The van der Waals surface area contributed by atoms with E-state index in [9.17, 15) is 19.3 Å². The molecule has 0 saturated heterocycles. The van der Waals surface area contributed by atoms with Crippen molar-refractivity contribution in [2.45, 2.75) is 0 Å². The SMILES string of the molecule is N#Cc1c(F)cc2ccccc2c1-c1c(C#N)c(F)cc2ccccc12. The van der Waals surface area contributed by atoms with E-state index in [4.69, 9.17) is 0 Å². The minimum absolute atomic E-state index is 0.198. The maximum Gasteiger partial charge on any atom is 0.142 e. The van der Waals surface area contributed by atoms with Gasteiger partial charge in [0, 0.05) is 11.1 Å². The van der Waals surface area contributed by atoms with E-state index in [2.05, 4.69) is 0 Å². The van der Waals surface area contributed by atoms with Gasteiger partial charge in [0.2, 0.25) is 0 Å². The van der Waals surface area contributed by atoms with E-state index in [0.717, 1.165) is 0 Å². The highest BCUT2D eigenvalue weighted by molar-refractivity contribution is 6.09. The highest BCUT2D eigenvalue weighted by Crippen LogP contribution is 2.40. The average Bonchev–Trinajstić information content (AvgIpc) is 2.66. The van der Waals surface area contributed by atoms with Gasteiger partial charge in [0.1, 0.15) is 23.8 Å². The standard InChI is InChI=1S/C22H10F2N2/c23-19-9-13-5-1-3-7-15(13)21(17(19)11-25)22-16-8-4-2-6-14(16)10-20(24)18(22)12-26/h1-10H. The number of fused-ring (bicyclic) bond motifs is 2. The van der Waals surface area contributed by atoms with Crippen LogP contribution >= 0.6 is 0 Å². The number of halogens is 2. The quantitative estimate of drug-likeness (QED) is 0.447. The normalized spacial score (nSPS) is 10.6. The number of nitriles is 2. The van der Waals surface area contributed by atoms with Crippen LogP contribution in [0, 0.1) is 34.3 Å². The van der Waals surface area contributed by atoms with Gasteiger partial charge < -0.3 is 0 Å². The summed E-state index contributed by atoms with van der Waals surface area (Å²) in [6.07, 6.45) is 0. The Morgan fingerprint density at radius 2 is 1.00 bits per heavy atom. The van der Waals surface area contributed by atoms with E-state index < -0.39 is 11.6 Å². The molecule has 0 fully saturated rings. The molecule has 0 radical (unpaired) electrons. The molecule has 26 heavy (non-hydrogen) atoms. The van der Waals surface area contributed by atoms with E-state index in [0.29, 0.717) is 21.5 Å². The molecule has 0 saturated carbocycles. The van der Waals surface area contributed by atoms with Crippen LogP contribution in [-0.4, -0.2) is 0 Å². The summed E-state index contributed by atoms with van der Waals surface area (Å²) in [6, 6.07) is 20.3. The zero-order valence-electron chi connectivity index (χ0n) is 13.4. The Bertz CT molecular complexity index is 1180. The first kappa shape index (κ1) is 15.7. The number of hydrogen-bond acceptors (Lipinski definition) is 2. The first-order valence-corrected chi connectivity index (χ1v) is 7.88. The van der Waals surface area contributed by atoms with Gasteiger partial charge in [0.25, 0.3) is 0 Å². The summed E-state index contributed by atoms with van der Waals surface area (Å²) >= 11 is 0. The Kier molecular flexibility index (Phi) is 3.60. The topological polar surface area (TPSA) is 47.6 Å². The maximum absolute atomic E-state index is 14.6. The van der Waals surface area contributed by atoms with Crippen LogP contribution in [0.4, 0.5) is 8.78 Å². The van der Waals surface area contributed by atoms with Gasteiger partial charge in [-0.3, -0.25) is 0 Å². The van der Waals surface area contributed by atoms with E-state index in [-0.39, 0.29) is 22.3 Å². The fourth-order valence-corrected chi connectivity index (χ4v) is 3.36. The van der Waals surface area contributed by atoms with Gasteiger partial charge in [-0.1, -0.05) is 48.5 Å². The molecular weight excluding hydrogens is 330 g/mol. The number of rotatable bonds is 1. The van der Waals surface area contributed by atoms with Crippen LogP contribution in [-0.2, 0) is 0 Å². The Labute approximate surface area is 148 Å². The molecule has 4 heteroatoms. The molecule has 4 rings (SSSR count). The van der Waals surface area contributed by atoms with Crippen LogP contribution in [0.1, 0.15) is 11.1 Å². The lowest BCUT2D eigenvalue weighted by molar-refractivity contribution is 0.624. The van der Waals surface area contributed by atoms with Gasteiger partial charge >= 0.3 is 0 Å². The molecule has 0 aliphatic carbocycles. The summed E-state index contributed by atoms with van der Waals surface area (Å²) in [5, 5.41) is 21.5. The molecule has 0 spiro atoms. The number of hydrogen-bond donors (Lipinski definition) is 0. The summed E-state index contributed by atoms with van der Waals surface area (Å²) in [5.41, 5.74) is 0.0950. The van der Waals surface area contributed by atoms with Gasteiger partial charge in [0.15, 0.2) is 0 Å². The Morgan fingerprint density at radius 1 is 0.615 bits per heavy atom. The third-order valence-corrected chi connectivity index (χ3v) is 4.48. The van der Waals surface area contributed by atoms with E-state index in [1.807, 2.05) is 12.1 Å². The average molecular weight is 340 g/mol. The molecule has 0 amide bonds. The molecule has 0 heterocycles. The van der Waals surface area contributed by atoms with Crippen molar-refractivity contribution < 1.29 is 8.78 Å². The van der Waals surface area contributed by atoms with Crippen LogP contribution in [0.2, 0.25) is 0 Å². The summed E-state index contributed by atoms with van der Waals surface area (Å²) in [5.74, 6) is -1.39. The van der Waals surface area contributed by atoms with Gasteiger partial charge in [-0.05, 0) is 33.7 Å². The monoisotopic (exact) mass is 340 g/mol. The Balaban J connectivity index is 2.33. The maximum atomic E-state index is 14.6. The molecule has 0 aliphatic rings. The van der Waals surface area contributed by atoms with E-state index in [1.165, 1.54) is 12.1 Å². The summed E-state index contributed by atoms with van der Waals surface area (Å²) < 4.78 is 29.2. The predicted octanol–water partition coefficient (Wildman–Crippen LogP) is 5.68. The van der Waals surface area contributed by atoms with Gasteiger partial charge in [0.05, 0.1) is 11.1 Å². The molecule has 122 valence electrons.